The Hall–Kier alpha value is -2.95. The van der Waals surface area contributed by atoms with Crippen molar-refractivity contribution in [2.75, 3.05) is 24.5 Å². The van der Waals surface area contributed by atoms with E-state index < -0.39 is 11.6 Å². The third-order valence-corrected chi connectivity index (χ3v) is 6.62. The first kappa shape index (κ1) is 20.9. The zero-order chi connectivity index (χ0) is 22.2. The summed E-state index contributed by atoms with van der Waals surface area (Å²) in [6.07, 6.45) is 3.86. The summed E-state index contributed by atoms with van der Waals surface area (Å²) in [6.45, 7) is 4.94. The molecule has 3 heterocycles. The van der Waals surface area contributed by atoms with Crippen molar-refractivity contribution >= 4 is 16.6 Å². The Morgan fingerprint density at radius 2 is 2.06 bits per heavy atom. The SMILES string of the molecule is CCCCN[C@H]1Cc2c([nH]c3c(F)cc(F)cc23)[C@H](c2ccc(N3CCC3)c(C#N)c2)N1. The Labute approximate surface area is 186 Å². The van der Waals surface area contributed by atoms with Gasteiger partial charge in [-0.2, -0.15) is 5.26 Å². The average Bonchev–Trinajstić information content (AvgIpc) is 3.11. The van der Waals surface area contributed by atoms with E-state index in [1.54, 1.807) is 0 Å². The molecule has 1 saturated heterocycles. The quantitative estimate of drug-likeness (QED) is 0.500. The molecule has 3 aromatic rings. The molecule has 0 spiro atoms. The molecule has 2 aliphatic rings. The number of hydrogen-bond acceptors (Lipinski definition) is 4. The Bertz CT molecular complexity index is 1190. The number of halogens is 2. The van der Waals surface area contributed by atoms with Gasteiger partial charge < -0.3 is 15.2 Å². The molecule has 0 bridgehead atoms. The van der Waals surface area contributed by atoms with Crippen LogP contribution in [0.15, 0.2) is 30.3 Å². The molecular weight excluding hydrogens is 408 g/mol. The minimum absolute atomic E-state index is 0.0371. The summed E-state index contributed by atoms with van der Waals surface area (Å²) in [5.41, 5.74) is 4.61. The Morgan fingerprint density at radius 1 is 1.22 bits per heavy atom. The molecule has 7 heteroatoms. The minimum atomic E-state index is -0.588. The fraction of sp³-hybridized carbons (Fsp3) is 0.400. The second-order valence-electron chi connectivity index (χ2n) is 8.72. The van der Waals surface area contributed by atoms with Crippen molar-refractivity contribution in [2.45, 2.75) is 44.8 Å². The van der Waals surface area contributed by atoms with Crippen molar-refractivity contribution in [1.29, 1.82) is 5.26 Å². The maximum absolute atomic E-state index is 14.6. The molecule has 0 radical (unpaired) electrons. The molecule has 2 atom stereocenters. The van der Waals surface area contributed by atoms with Crippen molar-refractivity contribution in [1.82, 2.24) is 15.6 Å². The van der Waals surface area contributed by atoms with Gasteiger partial charge in [0.1, 0.15) is 17.7 Å². The number of hydrogen-bond donors (Lipinski definition) is 3. The van der Waals surface area contributed by atoms with Crippen LogP contribution >= 0.6 is 0 Å². The molecule has 5 nitrogen and oxygen atoms in total. The number of H-pyrrole nitrogens is 1. The van der Waals surface area contributed by atoms with Gasteiger partial charge in [-0.05, 0) is 48.7 Å². The first-order valence-corrected chi connectivity index (χ1v) is 11.4. The summed E-state index contributed by atoms with van der Waals surface area (Å²) in [6, 6.07) is 10.4. The standard InChI is InChI=1S/C25H27F2N5/c1-2-3-7-29-22-13-19-18-11-17(26)12-20(27)24(18)31-25(19)23(30-22)15-5-6-21(16(10-15)14-28)32-8-4-9-32/h5-6,10-12,22-23,29-31H,2-4,7-9,13H2,1H3/t22-,23+/m1/s1. The van der Waals surface area contributed by atoms with Gasteiger partial charge in [0.25, 0.3) is 0 Å². The highest BCUT2D eigenvalue weighted by Gasteiger charge is 2.32. The van der Waals surface area contributed by atoms with Crippen LogP contribution in [0.3, 0.4) is 0 Å². The first-order valence-electron chi connectivity index (χ1n) is 11.4. The van der Waals surface area contributed by atoms with E-state index in [-0.39, 0.29) is 12.2 Å². The number of benzene rings is 2. The fourth-order valence-corrected chi connectivity index (χ4v) is 4.81. The van der Waals surface area contributed by atoms with Crippen LogP contribution in [-0.4, -0.2) is 30.8 Å². The summed E-state index contributed by atoms with van der Waals surface area (Å²) in [4.78, 5) is 5.43. The predicted molar refractivity (Wildman–Crippen MR) is 122 cm³/mol. The monoisotopic (exact) mass is 435 g/mol. The number of aromatic amines is 1. The lowest BCUT2D eigenvalue weighted by molar-refractivity contribution is 0.368. The number of fused-ring (bicyclic) bond motifs is 3. The zero-order valence-electron chi connectivity index (χ0n) is 18.1. The molecule has 3 N–H and O–H groups in total. The van der Waals surface area contributed by atoms with E-state index >= 15 is 0 Å². The molecule has 2 aliphatic heterocycles. The highest BCUT2D eigenvalue weighted by atomic mass is 19.1. The second-order valence-corrected chi connectivity index (χ2v) is 8.72. The average molecular weight is 436 g/mol. The molecule has 0 aliphatic carbocycles. The highest BCUT2D eigenvalue weighted by Crippen LogP contribution is 2.37. The van der Waals surface area contributed by atoms with Crippen LogP contribution in [0.1, 0.15) is 54.6 Å². The summed E-state index contributed by atoms with van der Waals surface area (Å²) in [5, 5.41) is 17.5. The van der Waals surface area contributed by atoms with Crippen LogP contribution in [0.2, 0.25) is 0 Å². The van der Waals surface area contributed by atoms with Gasteiger partial charge in [-0.15, -0.1) is 0 Å². The first-order chi connectivity index (χ1) is 15.6. The Kier molecular flexibility index (Phi) is 5.58. The summed E-state index contributed by atoms with van der Waals surface area (Å²) < 4.78 is 28.6. The topological polar surface area (TPSA) is 66.9 Å². The van der Waals surface area contributed by atoms with Gasteiger partial charge in [0, 0.05) is 36.7 Å². The van der Waals surface area contributed by atoms with Crippen LogP contribution < -0.4 is 15.5 Å². The maximum Gasteiger partial charge on any atom is 0.150 e. The van der Waals surface area contributed by atoms with Crippen molar-refractivity contribution in [3.05, 3.63) is 64.4 Å². The van der Waals surface area contributed by atoms with Crippen molar-refractivity contribution in [3.8, 4) is 6.07 Å². The van der Waals surface area contributed by atoms with Crippen LogP contribution in [0.5, 0.6) is 0 Å². The lowest BCUT2D eigenvalue weighted by atomic mass is 9.91. The largest absolute Gasteiger partial charge is 0.370 e. The van der Waals surface area contributed by atoms with Gasteiger partial charge >= 0.3 is 0 Å². The number of unbranched alkanes of at least 4 members (excludes halogenated alkanes) is 1. The van der Waals surface area contributed by atoms with Gasteiger partial charge in [0.15, 0.2) is 0 Å². The lowest BCUT2D eigenvalue weighted by Gasteiger charge is -2.35. The molecule has 2 aromatic carbocycles. The molecular formula is C25H27F2N5. The smallest absolute Gasteiger partial charge is 0.150 e. The van der Waals surface area contributed by atoms with E-state index in [1.807, 2.05) is 18.2 Å². The number of nitrogens with zero attached hydrogens (tertiary/aromatic N) is 2. The van der Waals surface area contributed by atoms with Gasteiger partial charge in [-0.25, -0.2) is 8.78 Å². The van der Waals surface area contributed by atoms with Crippen LogP contribution in [0.4, 0.5) is 14.5 Å². The summed E-state index contributed by atoms with van der Waals surface area (Å²) in [7, 11) is 0. The van der Waals surface area contributed by atoms with Crippen molar-refractivity contribution < 1.29 is 8.78 Å². The van der Waals surface area contributed by atoms with Gasteiger partial charge in [-0.1, -0.05) is 19.4 Å². The molecule has 1 fully saturated rings. The zero-order valence-corrected chi connectivity index (χ0v) is 18.1. The van der Waals surface area contributed by atoms with E-state index in [4.69, 9.17) is 0 Å². The molecule has 5 rings (SSSR count). The molecule has 0 unspecified atom stereocenters. The third-order valence-electron chi connectivity index (χ3n) is 6.62. The number of anilines is 1. The third kappa shape index (κ3) is 3.64. The molecule has 0 saturated carbocycles. The van der Waals surface area contributed by atoms with E-state index in [9.17, 15) is 14.0 Å². The van der Waals surface area contributed by atoms with E-state index in [1.165, 1.54) is 6.07 Å². The highest BCUT2D eigenvalue weighted by molar-refractivity contribution is 5.86. The van der Waals surface area contributed by atoms with Crippen LogP contribution in [0, 0.1) is 23.0 Å². The predicted octanol–water partition coefficient (Wildman–Crippen LogP) is 4.48. The van der Waals surface area contributed by atoms with Crippen LogP contribution in [0.25, 0.3) is 10.9 Å². The number of aromatic nitrogens is 1. The number of rotatable bonds is 6. The van der Waals surface area contributed by atoms with Gasteiger partial charge in [-0.3, -0.25) is 5.32 Å². The Morgan fingerprint density at radius 3 is 2.78 bits per heavy atom. The van der Waals surface area contributed by atoms with Crippen LogP contribution in [-0.2, 0) is 6.42 Å². The normalized spacial score (nSPS) is 20.1. The van der Waals surface area contributed by atoms with Gasteiger partial charge in [0.05, 0.1) is 29.0 Å². The number of nitriles is 1. The maximum atomic E-state index is 14.6. The second kappa shape index (κ2) is 8.53. The lowest BCUT2D eigenvalue weighted by Crippen LogP contribution is -2.49. The van der Waals surface area contributed by atoms with Crippen molar-refractivity contribution in [3.63, 3.8) is 0 Å². The van der Waals surface area contributed by atoms with E-state index in [0.29, 0.717) is 22.9 Å². The summed E-state index contributed by atoms with van der Waals surface area (Å²) >= 11 is 0. The molecule has 1 aromatic heterocycles. The van der Waals surface area contributed by atoms with E-state index in [2.05, 4.69) is 33.5 Å². The number of nitrogens with one attached hydrogen (secondary N) is 3. The molecule has 166 valence electrons. The van der Waals surface area contributed by atoms with Gasteiger partial charge in [0.2, 0.25) is 0 Å². The summed E-state index contributed by atoms with van der Waals surface area (Å²) in [5.74, 6) is -1.16. The van der Waals surface area contributed by atoms with E-state index in [0.717, 1.165) is 67.5 Å². The fourth-order valence-electron chi connectivity index (χ4n) is 4.81. The molecule has 32 heavy (non-hydrogen) atoms. The minimum Gasteiger partial charge on any atom is -0.370 e. The molecule has 0 amide bonds. The van der Waals surface area contributed by atoms with Crippen molar-refractivity contribution in [2.24, 2.45) is 0 Å². The Balaban J connectivity index is 1.58.